The van der Waals surface area contributed by atoms with Crippen molar-refractivity contribution in [1.29, 1.82) is 0 Å². The first kappa shape index (κ1) is 31.9. The number of halogens is 7. The Labute approximate surface area is 258 Å². The van der Waals surface area contributed by atoms with Crippen LogP contribution >= 0.6 is 23.2 Å². The van der Waals surface area contributed by atoms with Crippen molar-refractivity contribution in [3.8, 4) is 0 Å². The normalized spacial score (nSPS) is 18.7. The van der Waals surface area contributed by atoms with Crippen molar-refractivity contribution in [2.75, 3.05) is 6.54 Å². The van der Waals surface area contributed by atoms with Gasteiger partial charge in [0, 0.05) is 12.6 Å². The van der Waals surface area contributed by atoms with Crippen LogP contribution in [0.5, 0.6) is 0 Å². The third-order valence-corrected chi connectivity index (χ3v) is 8.59. The fraction of sp³-hybridized carbons (Fsp3) is 0.400. The van der Waals surface area contributed by atoms with E-state index in [4.69, 9.17) is 23.2 Å². The highest BCUT2D eigenvalue weighted by Crippen LogP contribution is 2.43. The van der Waals surface area contributed by atoms with E-state index in [1.807, 2.05) is 0 Å². The zero-order valence-electron chi connectivity index (χ0n) is 23.0. The molecule has 7 nitrogen and oxygen atoms in total. The van der Waals surface area contributed by atoms with E-state index in [0.29, 0.717) is 10.7 Å². The summed E-state index contributed by atoms with van der Waals surface area (Å²) in [5.41, 5.74) is -1.65. The van der Waals surface area contributed by atoms with Gasteiger partial charge in [-0.25, -0.2) is 8.78 Å². The fourth-order valence-electron chi connectivity index (χ4n) is 5.70. The van der Waals surface area contributed by atoms with Crippen LogP contribution < -0.4 is 0 Å². The van der Waals surface area contributed by atoms with E-state index < -0.39 is 71.8 Å². The molecule has 1 amide bonds. The molecule has 2 aliphatic rings. The van der Waals surface area contributed by atoms with E-state index in [-0.39, 0.29) is 52.8 Å². The van der Waals surface area contributed by atoms with E-state index >= 15 is 0 Å². The molecule has 0 aliphatic heterocycles. The number of rotatable bonds is 9. The minimum Gasteiger partial charge on any atom is -0.481 e. The summed E-state index contributed by atoms with van der Waals surface area (Å²) in [6.45, 7) is -1.44. The number of amides is 1. The lowest BCUT2D eigenvalue weighted by Gasteiger charge is -2.28. The highest BCUT2D eigenvalue weighted by atomic mass is 35.5. The van der Waals surface area contributed by atoms with E-state index in [2.05, 4.69) is 5.10 Å². The summed E-state index contributed by atoms with van der Waals surface area (Å²) in [5.74, 6) is -5.49. The van der Waals surface area contributed by atoms with Crippen LogP contribution in [0.2, 0.25) is 10.0 Å². The topological polar surface area (TPSA) is 92.5 Å². The van der Waals surface area contributed by atoms with Gasteiger partial charge in [-0.1, -0.05) is 23.2 Å². The van der Waals surface area contributed by atoms with Crippen molar-refractivity contribution < 1.29 is 41.4 Å². The van der Waals surface area contributed by atoms with Gasteiger partial charge >= 0.3 is 12.1 Å². The molecule has 0 unspecified atom stereocenters. The van der Waals surface area contributed by atoms with Crippen molar-refractivity contribution in [2.45, 2.75) is 63.2 Å². The third kappa shape index (κ3) is 6.91. The third-order valence-electron chi connectivity index (χ3n) is 8.00. The number of carbonyl (C=O) groups is 3. The predicted molar refractivity (Wildman–Crippen MR) is 150 cm³/mol. The molecule has 2 aromatic carbocycles. The molecule has 1 aromatic heterocycles. The first-order chi connectivity index (χ1) is 20.7. The van der Waals surface area contributed by atoms with Crippen LogP contribution in [-0.4, -0.2) is 44.0 Å². The van der Waals surface area contributed by atoms with Gasteiger partial charge in [-0.05, 0) is 79.8 Å². The Morgan fingerprint density at radius 2 is 1.52 bits per heavy atom. The monoisotopic (exact) mass is 657 g/mol. The number of hydrogen-bond donors (Lipinski definition) is 1. The van der Waals surface area contributed by atoms with Gasteiger partial charge in [0.25, 0.3) is 5.91 Å². The van der Waals surface area contributed by atoms with Gasteiger partial charge in [0.1, 0.15) is 11.6 Å². The summed E-state index contributed by atoms with van der Waals surface area (Å²) in [7, 11) is 0. The van der Waals surface area contributed by atoms with E-state index in [1.165, 1.54) is 0 Å². The van der Waals surface area contributed by atoms with Gasteiger partial charge in [-0.3, -0.25) is 19.1 Å². The molecule has 0 saturated heterocycles. The van der Waals surface area contributed by atoms with Crippen molar-refractivity contribution in [1.82, 2.24) is 14.7 Å². The van der Waals surface area contributed by atoms with Gasteiger partial charge < -0.3 is 10.0 Å². The molecule has 2 fully saturated rings. The largest absolute Gasteiger partial charge is 0.481 e. The fourth-order valence-corrected chi connectivity index (χ4v) is 6.42. The summed E-state index contributed by atoms with van der Waals surface area (Å²) < 4.78 is 72.1. The lowest BCUT2D eigenvalue weighted by molar-refractivity contribution is -0.147. The molecular weight excluding hydrogens is 632 g/mol. The lowest BCUT2D eigenvalue weighted by Crippen LogP contribution is -2.37. The second-order valence-corrected chi connectivity index (χ2v) is 12.0. The Hall–Kier alpha value is -3.51. The lowest BCUT2D eigenvalue weighted by atomic mass is 9.86. The van der Waals surface area contributed by atoms with Gasteiger partial charge in [-0.2, -0.15) is 18.3 Å². The Morgan fingerprint density at radius 3 is 2.05 bits per heavy atom. The van der Waals surface area contributed by atoms with Crippen LogP contribution in [-0.2, 0) is 17.5 Å². The molecule has 44 heavy (non-hydrogen) atoms. The van der Waals surface area contributed by atoms with E-state index in [0.717, 1.165) is 41.6 Å². The van der Waals surface area contributed by atoms with Crippen molar-refractivity contribution >= 4 is 40.9 Å². The summed E-state index contributed by atoms with van der Waals surface area (Å²) in [6, 6.07) is 4.72. The number of nitrogens with zero attached hydrogens (tertiary/aromatic N) is 3. The molecule has 3 aromatic rings. The highest BCUT2D eigenvalue weighted by molar-refractivity contribution is 6.40. The van der Waals surface area contributed by atoms with Crippen molar-refractivity contribution in [3.63, 3.8) is 0 Å². The Bertz CT molecular complexity index is 1570. The molecule has 1 N–H and O–H groups in total. The maximum absolute atomic E-state index is 14.5. The maximum Gasteiger partial charge on any atom is 0.433 e. The number of aromatic nitrogens is 2. The number of Topliss-reactive ketones (excluding diaryl/α,β-unsaturated/α-hetero) is 1. The highest BCUT2D eigenvalue weighted by Gasteiger charge is 2.43. The molecule has 2 saturated carbocycles. The second-order valence-electron chi connectivity index (χ2n) is 11.2. The van der Waals surface area contributed by atoms with Gasteiger partial charge in [0.2, 0.25) is 0 Å². The minimum atomic E-state index is -5.06. The summed E-state index contributed by atoms with van der Waals surface area (Å²) in [5, 5.41) is 13.1. The van der Waals surface area contributed by atoms with Crippen molar-refractivity contribution in [3.05, 3.63) is 86.2 Å². The van der Waals surface area contributed by atoms with Crippen LogP contribution in [0.4, 0.5) is 22.0 Å². The van der Waals surface area contributed by atoms with E-state index in [1.54, 1.807) is 12.1 Å². The van der Waals surface area contributed by atoms with Crippen LogP contribution in [0.15, 0.2) is 36.5 Å². The van der Waals surface area contributed by atoms with Gasteiger partial charge in [0.05, 0.1) is 45.9 Å². The molecule has 0 radical (unpaired) electrons. The Morgan fingerprint density at radius 1 is 0.932 bits per heavy atom. The number of hydrogen-bond acceptors (Lipinski definition) is 4. The molecule has 0 bridgehead atoms. The summed E-state index contributed by atoms with van der Waals surface area (Å²) >= 11 is 12.8. The van der Waals surface area contributed by atoms with Gasteiger partial charge in [-0.15, -0.1) is 0 Å². The van der Waals surface area contributed by atoms with Gasteiger partial charge in [0.15, 0.2) is 11.5 Å². The summed E-state index contributed by atoms with van der Waals surface area (Å²) in [4.78, 5) is 39.3. The molecule has 0 atom stereocenters. The quantitative estimate of drug-likeness (QED) is 0.188. The van der Waals surface area contributed by atoms with Crippen LogP contribution in [0.3, 0.4) is 0 Å². The summed E-state index contributed by atoms with van der Waals surface area (Å²) in [6.07, 6.45) is -2.01. The second kappa shape index (κ2) is 12.5. The zero-order chi connectivity index (χ0) is 31.9. The predicted octanol–water partition coefficient (Wildman–Crippen LogP) is 7.71. The number of aliphatic carboxylic acids is 1. The molecular formula is C30H26Cl2F5N3O4. The number of carbonyl (C=O) groups excluding carboxylic acids is 2. The molecule has 2 aliphatic carbocycles. The SMILES string of the molecule is O=C(CN(Cc1cc(F)cc(F)c1)C(=O)c1cnn([C@H]2CC[C@H](C(=O)O)CC2)c1C(F)(F)F)c1c(Cl)cc(C2CC2)cc1Cl. The molecule has 1 heterocycles. The number of ketones is 1. The average molecular weight is 658 g/mol. The maximum atomic E-state index is 14.5. The number of carboxylic acid groups (broad SMARTS) is 1. The Balaban J connectivity index is 1.50. The van der Waals surface area contributed by atoms with Crippen molar-refractivity contribution in [2.24, 2.45) is 5.92 Å². The van der Waals surface area contributed by atoms with E-state index in [9.17, 15) is 41.4 Å². The average Bonchev–Trinajstić information content (AvgIpc) is 3.68. The number of alkyl halides is 3. The molecule has 234 valence electrons. The van der Waals surface area contributed by atoms with Crippen LogP contribution in [0.1, 0.15) is 88.0 Å². The smallest absolute Gasteiger partial charge is 0.433 e. The zero-order valence-corrected chi connectivity index (χ0v) is 24.5. The van der Waals surface area contributed by atoms with Crippen LogP contribution in [0.25, 0.3) is 0 Å². The first-order valence-corrected chi connectivity index (χ1v) is 14.6. The standard InChI is InChI=1S/C30H26Cl2F5N3O4/c31-23-9-18(16-1-2-16)10-24(32)26(23)25(41)14-39(13-15-7-19(33)11-20(34)8-15)28(42)22-12-38-40(27(22)30(35,36)37)21-5-3-17(4-6-21)29(43)44/h7-12,16-17,21H,1-6,13-14H2,(H,43,44)/t17-,21-. The first-order valence-electron chi connectivity index (χ1n) is 13.9. The molecule has 0 spiro atoms. The number of carboxylic acids is 1. The minimum absolute atomic E-state index is 0.00867. The van der Waals surface area contributed by atoms with Crippen LogP contribution in [0, 0.1) is 17.6 Å². The molecule has 5 rings (SSSR count). The Kier molecular flexibility index (Phi) is 9.04. The number of benzene rings is 2. The molecule has 14 heteroatoms.